The molecule has 1 aliphatic carbocycles. The van der Waals surface area contributed by atoms with Crippen LogP contribution in [0.2, 0.25) is 0 Å². The standard InChI is InChI=1S/C30H43F3N4O2.C4H10/c1-6-22(19(3)11-12-20-9-8-10-20)29(23-15-25(32)26(33)16-24(23)31)35-27(7-2)30(39)34-17-28(38)37-14-13-21(18-37)36(4)5;1-4(2)3/h15-16,20-21,27H,6-14,17-18H2,1-5H3,(H,34,39);4H,1-3H3/b22-19+,35-29?;/t21?,27-;/m1./s1. The van der Waals surface area contributed by atoms with Gasteiger partial charge in [-0.1, -0.05) is 59.5 Å². The monoisotopic (exact) mass is 606 g/mol. The Kier molecular flexibility index (Phi) is 14.9. The molecule has 2 aliphatic rings. The fourth-order valence-electron chi connectivity index (χ4n) is 5.31. The second kappa shape index (κ2) is 17.6. The number of amides is 2. The van der Waals surface area contributed by atoms with Gasteiger partial charge in [0.15, 0.2) is 11.6 Å². The maximum absolute atomic E-state index is 15.0. The molecular formula is C34H53F3N4O2. The first kappa shape index (κ1) is 36.5. The van der Waals surface area contributed by atoms with Crippen LogP contribution >= 0.6 is 0 Å². The Morgan fingerprint density at radius 2 is 1.67 bits per heavy atom. The van der Waals surface area contributed by atoms with Crippen molar-refractivity contribution in [1.29, 1.82) is 0 Å². The predicted molar refractivity (Wildman–Crippen MR) is 169 cm³/mol. The lowest BCUT2D eigenvalue weighted by Gasteiger charge is -2.26. The van der Waals surface area contributed by atoms with Gasteiger partial charge in [-0.2, -0.15) is 0 Å². The molecule has 3 rings (SSSR count). The number of nitrogens with zero attached hydrogens (tertiary/aromatic N) is 3. The zero-order valence-electron chi connectivity index (χ0n) is 27.5. The van der Waals surface area contributed by atoms with E-state index in [-0.39, 0.29) is 29.8 Å². The van der Waals surface area contributed by atoms with Crippen molar-refractivity contribution < 1.29 is 22.8 Å². The third-order valence-corrected chi connectivity index (χ3v) is 8.21. The third kappa shape index (κ3) is 11.1. The van der Waals surface area contributed by atoms with Gasteiger partial charge in [-0.15, -0.1) is 0 Å². The number of carbonyl (C=O) groups is 2. The first-order valence-electron chi connectivity index (χ1n) is 15.9. The van der Waals surface area contributed by atoms with Crippen LogP contribution in [0.1, 0.15) is 98.5 Å². The molecule has 2 amide bonds. The fourth-order valence-corrected chi connectivity index (χ4v) is 5.31. The maximum atomic E-state index is 15.0. The summed E-state index contributed by atoms with van der Waals surface area (Å²) in [6, 6.07) is 0.710. The summed E-state index contributed by atoms with van der Waals surface area (Å²) in [6.07, 6.45) is 7.11. The number of rotatable bonds is 12. The minimum absolute atomic E-state index is 0.156. The molecule has 1 aromatic rings. The first-order valence-corrected chi connectivity index (χ1v) is 15.9. The molecule has 242 valence electrons. The zero-order chi connectivity index (χ0) is 32.3. The third-order valence-electron chi connectivity index (χ3n) is 8.21. The largest absolute Gasteiger partial charge is 0.345 e. The Hall–Kier alpha value is -2.68. The van der Waals surface area contributed by atoms with E-state index < -0.39 is 29.4 Å². The van der Waals surface area contributed by atoms with Gasteiger partial charge in [0.05, 0.1) is 12.3 Å². The molecule has 2 fully saturated rings. The Labute approximate surface area is 257 Å². The van der Waals surface area contributed by atoms with E-state index in [0.29, 0.717) is 37.9 Å². The van der Waals surface area contributed by atoms with Crippen molar-refractivity contribution in [2.45, 2.75) is 105 Å². The number of halogens is 3. The average molecular weight is 607 g/mol. The van der Waals surface area contributed by atoms with E-state index in [2.05, 4.69) is 36.0 Å². The molecule has 1 saturated carbocycles. The summed E-state index contributed by atoms with van der Waals surface area (Å²) in [5, 5.41) is 2.69. The van der Waals surface area contributed by atoms with Gasteiger partial charge in [0.1, 0.15) is 11.9 Å². The topological polar surface area (TPSA) is 65.0 Å². The number of allylic oxidation sites excluding steroid dienone is 2. The summed E-state index contributed by atoms with van der Waals surface area (Å²) in [4.78, 5) is 34.3. The molecule has 1 saturated heterocycles. The Bertz CT molecular complexity index is 1140. The summed E-state index contributed by atoms with van der Waals surface area (Å²) < 4.78 is 43.1. The van der Waals surface area contributed by atoms with Crippen molar-refractivity contribution >= 4 is 17.5 Å². The van der Waals surface area contributed by atoms with Crippen LogP contribution in [0.15, 0.2) is 28.3 Å². The van der Waals surface area contributed by atoms with Crippen molar-refractivity contribution in [1.82, 2.24) is 15.1 Å². The van der Waals surface area contributed by atoms with Gasteiger partial charge < -0.3 is 15.1 Å². The van der Waals surface area contributed by atoms with Crippen molar-refractivity contribution in [3.63, 3.8) is 0 Å². The molecule has 6 nitrogen and oxygen atoms in total. The molecular weight excluding hydrogens is 553 g/mol. The fraction of sp³-hybridized carbons (Fsp3) is 0.676. The summed E-state index contributed by atoms with van der Waals surface area (Å²) in [7, 11) is 3.96. The minimum atomic E-state index is -1.28. The molecule has 0 aromatic heterocycles. The second-order valence-corrected chi connectivity index (χ2v) is 12.8. The summed E-state index contributed by atoms with van der Waals surface area (Å²) in [5.41, 5.74) is 1.74. The van der Waals surface area contributed by atoms with E-state index in [1.54, 1.807) is 11.8 Å². The van der Waals surface area contributed by atoms with E-state index in [9.17, 15) is 18.4 Å². The number of likely N-dealkylation sites (tertiary alicyclic amines) is 1. The van der Waals surface area contributed by atoms with Gasteiger partial charge in [0.25, 0.3) is 0 Å². The van der Waals surface area contributed by atoms with Gasteiger partial charge >= 0.3 is 0 Å². The van der Waals surface area contributed by atoms with E-state index in [0.717, 1.165) is 42.4 Å². The van der Waals surface area contributed by atoms with E-state index in [1.165, 1.54) is 19.3 Å². The summed E-state index contributed by atoms with van der Waals surface area (Å²) in [6.45, 7) is 13.2. The highest BCUT2D eigenvalue weighted by Gasteiger charge is 2.28. The van der Waals surface area contributed by atoms with Crippen LogP contribution in [0.3, 0.4) is 0 Å². The van der Waals surface area contributed by atoms with Gasteiger partial charge in [-0.3, -0.25) is 14.6 Å². The Balaban J connectivity index is 0.00000151. The van der Waals surface area contributed by atoms with Crippen LogP contribution in [-0.4, -0.2) is 73.1 Å². The predicted octanol–water partition coefficient (Wildman–Crippen LogP) is 6.92. The molecule has 43 heavy (non-hydrogen) atoms. The highest BCUT2D eigenvalue weighted by molar-refractivity contribution is 6.14. The van der Waals surface area contributed by atoms with Gasteiger partial charge in [0, 0.05) is 30.8 Å². The van der Waals surface area contributed by atoms with Gasteiger partial charge in [-0.25, -0.2) is 13.2 Å². The lowest BCUT2D eigenvalue weighted by molar-refractivity contribution is -0.132. The second-order valence-electron chi connectivity index (χ2n) is 12.8. The number of carbonyl (C=O) groups excluding carboxylic acids is 2. The van der Waals surface area contributed by atoms with Crippen LogP contribution in [-0.2, 0) is 9.59 Å². The molecule has 1 unspecified atom stereocenters. The molecule has 0 spiro atoms. The highest BCUT2D eigenvalue weighted by Crippen LogP contribution is 2.33. The van der Waals surface area contributed by atoms with Crippen molar-refractivity contribution in [3.05, 3.63) is 46.3 Å². The molecule has 1 heterocycles. The van der Waals surface area contributed by atoms with E-state index in [1.807, 2.05) is 27.9 Å². The molecule has 1 aliphatic heterocycles. The quantitative estimate of drug-likeness (QED) is 0.208. The van der Waals surface area contributed by atoms with Crippen LogP contribution in [0, 0.1) is 29.3 Å². The normalized spacial score (nSPS) is 18.7. The van der Waals surface area contributed by atoms with Crippen molar-refractivity contribution in [3.8, 4) is 0 Å². The number of aliphatic imine (C=N–C) groups is 1. The Morgan fingerprint density at radius 1 is 1.05 bits per heavy atom. The summed E-state index contributed by atoms with van der Waals surface area (Å²) in [5.74, 6) is -2.50. The molecule has 1 aromatic carbocycles. The summed E-state index contributed by atoms with van der Waals surface area (Å²) >= 11 is 0. The smallest absolute Gasteiger partial charge is 0.245 e. The lowest BCUT2D eigenvalue weighted by Crippen LogP contribution is -2.43. The number of likely N-dealkylation sites (N-methyl/N-ethyl adjacent to an activating group) is 1. The van der Waals surface area contributed by atoms with Gasteiger partial charge in [-0.05, 0) is 76.6 Å². The van der Waals surface area contributed by atoms with E-state index in [4.69, 9.17) is 0 Å². The first-order chi connectivity index (χ1) is 20.3. The minimum Gasteiger partial charge on any atom is -0.345 e. The molecule has 0 radical (unpaired) electrons. The van der Waals surface area contributed by atoms with E-state index >= 15 is 4.39 Å². The van der Waals surface area contributed by atoms with Crippen LogP contribution in [0.4, 0.5) is 13.2 Å². The molecule has 0 bridgehead atoms. The molecule has 9 heteroatoms. The van der Waals surface area contributed by atoms with Crippen LogP contribution in [0.5, 0.6) is 0 Å². The van der Waals surface area contributed by atoms with Crippen molar-refractivity contribution in [2.75, 3.05) is 33.7 Å². The SMILES string of the molecule is CC(C)C.CC/C(C(=N[C@H](CC)C(=O)NCC(=O)N1CCC(N(C)C)C1)c1cc(F)c(F)cc1F)=C(/C)CCC1CCC1. The van der Waals surface area contributed by atoms with Crippen LogP contribution < -0.4 is 5.32 Å². The maximum Gasteiger partial charge on any atom is 0.245 e. The number of hydrogen-bond donors (Lipinski definition) is 1. The van der Waals surface area contributed by atoms with Crippen LogP contribution in [0.25, 0.3) is 0 Å². The van der Waals surface area contributed by atoms with Gasteiger partial charge in [0.2, 0.25) is 11.8 Å². The van der Waals surface area contributed by atoms with Crippen molar-refractivity contribution in [2.24, 2.45) is 16.8 Å². The Morgan fingerprint density at radius 3 is 2.19 bits per heavy atom. The molecule has 1 N–H and O–H groups in total. The number of benzene rings is 1. The lowest BCUT2D eigenvalue weighted by atomic mass is 9.80. The average Bonchev–Trinajstić information content (AvgIpc) is 3.41. The number of nitrogens with one attached hydrogen (secondary N) is 1. The number of hydrogen-bond acceptors (Lipinski definition) is 4. The zero-order valence-corrected chi connectivity index (χ0v) is 27.5. The highest BCUT2D eigenvalue weighted by atomic mass is 19.2. The molecule has 2 atom stereocenters.